The van der Waals surface area contributed by atoms with Gasteiger partial charge in [-0.3, -0.25) is 0 Å². The lowest BCUT2D eigenvalue weighted by Gasteiger charge is -2.35. The third-order valence-corrected chi connectivity index (χ3v) is 19.6. The highest BCUT2D eigenvalue weighted by molar-refractivity contribution is 7.19. The molecule has 0 radical (unpaired) electrons. The van der Waals surface area contributed by atoms with Crippen molar-refractivity contribution in [1.29, 1.82) is 0 Å². The van der Waals surface area contributed by atoms with Crippen LogP contribution in [0.25, 0.3) is 76.7 Å². The van der Waals surface area contributed by atoms with Crippen LogP contribution < -0.4 is 25.6 Å². The van der Waals surface area contributed by atoms with Gasteiger partial charge in [0, 0.05) is 55.1 Å². The molecule has 0 aliphatic heterocycles. The Morgan fingerprint density at radius 3 is 1.19 bits per heavy atom. The second-order valence-electron chi connectivity index (χ2n) is 18.4. The molecule has 14 rings (SSSR count). The maximum atomic E-state index is 2.48. The second-order valence-corrected chi connectivity index (χ2v) is 22.3. The van der Waals surface area contributed by atoms with Gasteiger partial charge in [0.1, 0.15) is 0 Å². The summed E-state index contributed by atoms with van der Waals surface area (Å²) in [7, 11) is -2.73. The van der Waals surface area contributed by atoms with E-state index in [1.54, 1.807) is 0 Å². The van der Waals surface area contributed by atoms with E-state index in [9.17, 15) is 0 Å². The molecule has 3 heterocycles. The van der Waals surface area contributed by atoms with Crippen molar-refractivity contribution in [2.75, 3.05) is 4.90 Å². The molecule has 0 unspecified atom stereocenters. The summed E-state index contributed by atoms with van der Waals surface area (Å²) >= 11 is 0. The quantitative estimate of drug-likeness (QED) is 0.104. The molecule has 0 N–H and O–H groups in total. The first-order valence-electron chi connectivity index (χ1n) is 24.2. The third-order valence-electron chi connectivity index (χ3n) is 14.8. The summed E-state index contributed by atoms with van der Waals surface area (Å²) in [5.41, 5.74) is 12.9. The lowest BCUT2D eigenvalue weighted by atomic mass is 10.0. The van der Waals surface area contributed by atoms with Crippen molar-refractivity contribution in [3.05, 3.63) is 273 Å². The second kappa shape index (κ2) is 16.1. The highest BCUT2D eigenvalue weighted by atomic mass is 28.3. The lowest BCUT2D eigenvalue weighted by Crippen LogP contribution is -2.74. The van der Waals surface area contributed by atoms with Crippen molar-refractivity contribution in [2.24, 2.45) is 0 Å². The predicted octanol–water partition coefficient (Wildman–Crippen LogP) is 14.4. The molecule has 0 atom stereocenters. The van der Waals surface area contributed by atoms with Gasteiger partial charge in [0.2, 0.25) is 0 Å². The molecule has 14 aromatic rings. The van der Waals surface area contributed by atoms with E-state index in [2.05, 4.69) is 287 Å². The Morgan fingerprint density at radius 1 is 0.271 bits per heavy atom. The molecule has 328 valence electrons. The van der Waals surface area contributed by atoms with Crippen molar-refractivity contribution in [1.82, 2.24) is 8.97 Å². The van der Waals surface area contributed by atoms with Crippen LogP contribution >= 0.6 is 0 Å². The molecule has 0 bridgehead atoms. The minimum Gasteiger partial charge on any atom is -0.310 e. The van der Waals surface area contributed by atoms with Gasteiger partial charge in [-0.05, 0) is 98.6 Å². The molecular formula is C66H45N3Si. The van der Waals surface area contributed by atoms with Crippen LogP contribution in [0.5, 0.6) is 0 Å². The fourth-order valence-electron chi connectivity index (χ4n) is 11.7. The summed E-state index contributed by atoms with van der Waals surface area (Å²) in [6.07, 6.45) is 0. The van der Waals surface area contributed by atoms with Crippen LogP contribution in [0.3, 0.4) is 0 Å². The molecule has 11 aromatic carbocycles. The molecular weight excluding hydrogens is 863 g/mol. The molecule has 3 nitrogen and oxygen atoms in total. The number of aromatic nitrogens is 2. The maximum Gasteiger partial charge on any atom is 0.179 e. The Balaban J connectivity index is 0.915. The first-order valence-corrected chi connectivity index (χ1v) is 26.2. The molecule has 0 amide bonds. The predicted molar refractivity (Wildman–Crippen MR) is 299 cm³/mol. The van der Waals surface area contributed by atoms with Crippen LogP contribution in [-0.2, 0) is 0 Å². The Kier molecular flexibility index (Phi) is 9.23. The Labute approximate surface area is 407 Å². The van der Waals surface area contributed by atoms with E-state index in [4.69, 9.17) is 0 Å². The van der Waals surface area contributed by atoms with E-state index in [-0.39, 0.29) is 0 Å². The van der Waals surface area contributed by atoms with Gasteiger partial charge >= 0.3 is 0 Å². The average molecular weight is 908 g/mol. The SMILES string of the molecule is c1ccc([Si](c2ccccc2)(c2ccccc2)c2ccc(N(c3ccc(-c4ccc(-n5c6ccccc6c6ccccc65)cc4)cc3)c3ccc4c5cccc6c7ccccc7n(c4c3)c65)cc2)cc1. The summed E-state index contributed by atoms with van der Waals surface area (Å²) in [6.45, 7) is 0. The molecule has 0 spiro atoms. The first-order chi connectivity index (χ1) is 34.7. The number of para-hydroxylation sites is 4. The van der Waals surface area contributed by atoms with Gasteiger partial charge in [0.05, 0.1) is 27.6 Å². The largest absolute Gasteiger partial charge is 0.310 e. The molecule has 4 heteroatoms. The van der Waals surface area contributed by atoms with E-state index >= 15 is 0 Å². The van der Waals surface area contributed by atoms with Crippen molar-refractivity contribution < 1.29 is 0 Å². The summed E-state index contributed by atoms with van der Waals surface area (Å²) in [6, 6.07) is 101. The first kappa shape index (κ1) is 40.1. The van der Waals surface area contributed by atoms with E-state index in [1.807, 2.05) is 0 Å². The van der Waals surface area contributed by atoms with E-state index in [0.29, 0.717) is 0 Å². The number of hydrogen-bond donors (Lipinski definition) is 0. The zero-order chi connectivity index (χ0) is 46.2. The standard InChI is InChI=1S/C66H45N3Si/c1-4-17-52(18-5-1)70(53-19-6-2-7-20-53,54-21-8-3-9-22-54)55-42-39-49(40-43-55)67(51-41-44-59-61-27-16-26-60-58-25-12-15-30-64(58)69(66(60)61)65(59)45-51)48-35-31-46(32-36-48)47-33-37-50(38-34-47)68-62-28-13-10-23-56(62)57-24-11-14-29-63(57)68/h1-45H. The number of benzene rings is 11. The number of anilines is 3. The van der Waals surface area contributed by atoms with Gasteiger partial charge in [-0.1, -0.05) is 206 Å². The van der Waals surface area contributed by atoms with Crippen LogP contribution in [0.2, 0.25) is 0 Å². The summed E-state index contributed by atoms with van der Waals surface area (Å²) in [5.74, 6) is 0. The van der Waals surface area contributed by atoms with Crippen LogP contribution in [0.1, 0.15) is 0 Å². The molecule has 0 saturated carbocycles. The molecule has 3 aromatic heterocycles. The topological polar surface area (TPSA) is 12.6 Å². The van der Waals surface area contributed by atoms with Crippen LogP contribution in [0.4, 0.5) is 17.1 Å². The molecule has 0 saturated heterocycles. The highest BCUT2D eigenvalue weighted by Crippen LogP contribution is 2.43. The van der Waals surface area contributed by atoms with Crippen LogP contribution in [0.15, 0.2) is 273 Å². The van der Waals surface area contributed by atoms with Crippen molar-refractivity contribution in [2.45, 2.75) is 0 Å². The van der Waals surface area contributed by atoms with Crippen molar-refractivity contribution in [3.8, 4) is 16.8 Å². The lowest BCUT2D eigenvalue weighted by molar-refractivity contribution is 1.18. The fourth-order valence-corrected chi connectivity index (χ4v) is 16.5. The Morgan fingerprint density at radius 2 is 0.657 bits per heavy atom. The van der Waals surface area contributed by atoms with Crippen molar-refractivity contribution >= 4 is 106 Å². The summed E-state index contributed by atoms with van der Waals surface area (Å²) < 4.78 is 4.86. The molecule has 0 aliphatic carbocycles. The van der Waals surface area contributed by atoms with Gasteiger partial charge < -0.3 is 13.9 Å². The molecule has 70 heavy (non-hydrogen) atoms. The van der Waals surface area contributed by atoms with Gasteiger partial charge in [-0.15, -0.1) is 0 Å². The third kappa shape index (κ3) is 6.07. The fraction of sp³-hybridized carbons (Fsp3) is 0. The Bertz CT molecular complexity index is 4050. The van der Waals surface area contributed by atoms with Gasteiger partial charge in [-0.2, -0.15) is 0 Å². The van der Waals surface area contributed by atoms with Crippen LogP contribution in [0, 0.1) is 0 Å². The van der Waals surface area contributed by atoms with Gasteiger partial charge in [0.15, 0.2) is 8.07 Å². The van der Waals surface area contributed by atoms with Crippen molar-refractivity contribution in [3.63, 3.8) is 0 Å². The van der Waals surface area contributed by atoms with Gasteiger partial charge in [-0.25, -0.2) is 0 Å². The van der Waals surface area contributed by atoms with Gasteiger partial charge in [0.25, 0.3) is 0 Å². The number of nitrogens with zero attached hydrogens (tertiary/aromatic N) is 3. The minimum atomic E-state index is -2.73. The highest BCUT2D eigenvalue weighted by Gasteiger charge is 2.41. The number of hydrogen-bond acceptors (Lipinski definition) is 1. The monoisotopic (exact) mass is 907 g/mol. The minimum absolute atomic E-state index is 1.09. The summed E-state index contributed by atoms with van der Waals surface area (Å²) in [4.78, 5) is 2.43. The van der Waals surface area contributed by atoms with E-state index in [1.165, 1.54) is 91.8 Å². The normalized spacial score (nSPS) is 12.0. The van der Waals surface area contributed by atoms with E-state index < -0.39 is 8.07 Å². The van der Waals surface area contributed by atoms with Crippen LogP contribution in [-0.4, -0.2) is 17.0 Å². The molecule has 0 fully saturated rings. The maximum absolute atomic E-state index is 2.73. The number of rotatable bonds is 9. The molecule has 0 aliphatic rings. The zero-order valence-electron chi connectivity index (χ0n) is 38.3. The smallest absolute Gasteiger partial charge is 0.179 e. The Hall–Kier alpha value is -8.96. The average Bonchev–Trinajstić information content (AvgIpc) is 4.08. The zero-order valence-corrected chi connectivity index (χ0v) is 39.3. The van der Waals surface area contributed by atoms with E-state index in [0.717, 1.165) is 22.7 Å². The summed E-state index contributed by atoms with van der Waals surface area (Å²) in [5, 5.41) is 13.1. The number of fused-ring (bicyclic) bond motifs is 9.